The number of hydrogen-bond acceptors (Lipinski definition) is 5. The van der Waals surface area contributed by atoms with Gasteiger partial charge < -0.3 is 14.8 Å². The van der Waals surface area contributed by atoms with Crippen molar-refractivity contribution in [3.63, 3.8) is 0 Å². The Morgan fingerprint density at radius 2 is 2.05 bits per heavy atom. The van der Waals surface area contributed by atoms with Gasteiger partial charge in [-0.05, 0) is 12.8 Å². The summed E-state index contributed by atoms with van der Waals surface area (Å²) in [6.45, 7) is 0.647. The summed E-state index contributed by atoms with van der Waals surface area (Å²) in [5, 5.41) is 3.17. The second-order valence-electron chi connectivity index (χ2n) is 6.14. The van der Waals surface area contributed by atoms with Crippen LogP contribution < -0.4 is 10.2 Å². The molecule has 0 radical (unpaired) electrons. The van der Waals surface area contributed by atoms with Crippen LogP contribution in [-0.2, 0) is 23.4 Å². The summed E-state index contributed by atoms with van der Waals surface area (Å²) < 4.78 is 25.8. The predicted molar refractivity (Wildman–Crippen MR) is 85.3 cm³/mol. The fourth-order valence-electron chi connectivity index (χ4n) is 3.09. The van der Waals surface area contributed by atoms with E-state index in [-0.39, 0.29) is 11.3 Å². The molecule has 1 fully saturated rings. The zero-order valence-corrected chi connectivity index (χ0v) is 14.2. The van der Waals surface area contributed by atoms with Gasteiger partial charge in [-0.2, -0.15) is 0 Å². The number of rotatable bonds is 5. The molecule has 2 atom stereocenters. The Bertz CT molecular complexity index is 580. The predicted octanol–water partition coefficient (Wildman–Crippen LogP) is 0.931. The average Bonchev–Trinajstić information content (AvgIpc) is 2.77. The molecule has 0 amide bonds. The minimum absolute atomic E-state index is 0.0476. The summed E-state index contributed by atoms with van der Waals surface area (Å²) in [6.07, 6.45) is 7.00. The van der Waals surface area contributed by atoms with Gasteiger partial charge in [0.1, 0.15) is 0 Å². The monoisotopic (exact) mass is 314 g/mol. The minimum atomic E-state index is -2.99. The molecule has 2 rings (SSSR count). The topological polar surface area (TPSA) is 67.2 Å². The molecule has 1 heterocycles. The van der Waals surface area contributed by atoms with Crippen LogP contribution >= 0.6 is 0 Å². The van der Waals surface area contributed by atoms with Crippen molar-refractivity contribution in [2.45, 2.75) is 43.5 Å². The second kappa shape index (κ2) is 6.36. The lowest BCUT2D eigenvalue weighted by Crippen LogP contribution is -2.45. The van der Waals surface area contributed by atoms with E-state index >= 15 is 0 Å². The molecule has 0 unspecified atom stereocenters. The Hall–Kier alpha value is -1.08. The first kappa shape index (κ1) is 16.3. The fourth-order valence-corrected chi connectivity index (χ4v) is 4.52. The molecule has 0 aromatic carbocycles. The Balaban J connectivity index is 2.04. The summed E-state index contributed by atoms with van der Waals surface area (Å²) in [5.41, 5.74) is 1.07. The number of aromatic nitrogens is 2. The number of imidazole rings is 1. The van der Waals surface area contributed by atoms with E-state index in [1.54, 1.807) is 0 Å². The van der Waals surface area contributed by atoms with Gasteiger partial charge in [0.2, 0.25) is 5.95 Å². The van der Waals surface area contributed by atoms with E-state index < -0.39 is 9.84 Å². The molecule has 120 valence electrons. The molecule has 21 heavy (non-hydrogen) atoms. The van der Waals surface area contributed by atoms with E-state index in [0.717, 1.165) is 37.3 Å². The van der Waals surface area contributed by atoms with E-state index in [9.17, 15) is 8.42 Å². The minimum Gasteiger partial charge on any atom is -0.348 e. The number of nitrogens with one attached hydrogen (secondary N) is 1. The van der Waals surface area contributed by atoms with Crippen LogP contribution in [0.1, 0.15) is 31.4 Å². The molecule has 7 heteroatoms. The van der Waals surface area contributed by atoms with Crippen LogP contribution in [0, 0.1) is 0 Å². The standard InChI is InChI=1S/C14H26N4O2S/c1-17(2)14-16-10-11(18(14)3)9-15-12-7-5-6-8-13(12)21(4,19)20/h10,12-13,15H,5-9H2,1-4H3/t12-,13-/m1/s1. The normalized spacial score (nSPS) is 23.2. The molecule has 1 aromatic heterocycles. The number of anilines is 1. The van der Waals surface area contributed by atoms with Gasteiger partial charge in [0.25, 0.3) is 0 Å². The quantitative estimate of drug-likeness (QED) is 0.876. The van der Waals surface area contributed by atoms with Crippen LogP contribution in [0.2, 0.25) is 0 Å². The Morgan fingerprint density at radius 1 is 1.38 bits per heavy atom. The van der Waals surface area contributed by atoms with Gasteiger partial charge >= 0.3 is 0 Å². The van der Waals surface area contributed by atoms with Crippen molar-refractivity contribution in [1.82, 2.24) is 14.9 Å². The van der Waals surface area contributed by atoms with Crippen molar-refractivity contribution in [3.8, 4) is 0 Å². The molecule has 6 nitrogen and oxygen atoms in total. The Morgan fingerprint density at radius 3 is 2.62 bits per heavy atom. The fraction of sp³-hybridized carbons (Fsp3) is 0.786. The maximum Gasteiger partial charge on any atom is 0.204 e. The zero-order valence-electron chi connectivity index (χ0n) is 13.3. The summed E-state index contributed by atoms with van der Waals surface area (Å²) in [7, 11) is 2.91. The van der Waals surface area contributed by atoms with Crippen LogP contribution in [0.4, 0.5) is 5.95 Å². The van der Waals surface area contributed by atoms with Crippen LogP contribution in [0.25, 0.3) is 0 Å². The van der Waals surface area contributed by atoms with Crippen LogP contribution in [0.5, 0.6) is 0 Å². The first-order chi connectivity index (χ1) is 9.80. The Kier molecular flexibility index (Phi) is 4.93. The third kappa shape index (κ3) is 3.77. The third-order valence-corrected chi connectivity index (χ3v) is 5.92. The Labute approximate surface area is 127 Å². The van der Waals surface area contributed by atoms with Crippen LogP contribution in [-0.4, -0.2) is 49.6 Å². The maximum absolute atomic E-state index is 11.9. The van der Waals surface area contributed by atoms with E-state index in [1.165, 1.54) is 6.26 Å². The first-order valence-electron chi connectivity index (χ1n) is 7.41. The first-order valence-corrected chi connectivity index (χ1v) is 9.36. The molecule has 0 saturated heterocycles. The van der Waals surface area contributed by atoms with Crippen molar-refractivity contribution in [3.05, 3.63) is 11.9 Å². The SMILES string of the molecule is CN(C)c1ncc(CN[C@@H]2CCCC[C@H]2S(C)(=O)=O)n1C. The average molecular weight is 314 g/mol. The summed E-state index contributed by atoms with van der Waals surface area (Å²) in [4.78, 5) is 6.34. The van der Waals surface area contributed by atoms with Gasteiger partial charge in [-0.3, -0.25) is 0 Å². The molecule has 0 bridgehead atoms. The molecule has 1 saturated carbocycles. The third-order valence-electron chi connectivity index (χ3n) is 4.26. The molecule has 0 spiro atoms. The van der Waals surface area contributed by atoms with Gasteiger partial charge in [0, 0.05) is 40.0 Å². The smallest absolute Gasteiger partial charge is 0.204 e. The molecule has 0 aliphatic heterocycles. The molecular weight excluding hydrogens is 288 g/mol. The number of nitrogens with zero attached hydrogens (tertiary/aromatic N) is 3. The highest BCUT2D eigenvalue weighted by Gasteiger charge is 2.32. The van der Waals surface area contributed by atoms with E-state index in [1.807, 2.05) is 36.8 Å². The second-order valence-corrected chi connectivity index (χ2v) is 8.41. The van der Waals surface area contributed by atoms with Crippen molar-refractivity contribution < 1.29 is 8.42 Å². The van der Waals surface area contributed by atoms with Crippen LogP contribution in [0.3, 0.4) is 0 Å². The zero-order chi connectivity index (χ0) is 15.6. The molecule has 1 aromatic rings. The van der Waals surface area contributed by atoms with E-state index in [4.69, 9.17) is 0 Å². The summed E-state index contributed by atoms with van der Waals surface area (Å²) in [5.74, 6) is 0.898. The number of hydrogen-bond donors (Lipinski definition) is 1. The van der Waals surface area contributed by atoms with Gasteiger partial charge in [-0.1, -0.05) is 12.8 Å². The van der Waals surface area contributed by atoms with Crippen molar-refractivity contribution in [2.24, 2.45) is 7.05 Å². The summed E-state index contributed by atoms with van der Waals surface area (Å²) >= 11 is 0. The van der Waals surface area contributed by atoms with Crippen molar-refractivity contribution >= 4 is 15.8 Å². The van der Waals surface area contributed by atoms with Gasteiger partial charge in [-0.15, -0.1) is 0 Å². The summed E-state index contributed by atoms with van der Waals surface area (Å²) in [6, 6.07) is 0.0476. The molecule has 1 N–H and O–H groups in total. The van der Waals surface area contributed by atoms with E-state index in [2.05, 4.69) is 10.3 Å². The lowest BCUT2D eigenvalue weighted by Gasteiger charge is -2.31. The lowest BCUT2D eigenvalue weighted by atomic mass is 9.95. The van der Waals surface area contributed by atoms with Crippen LogP contribution in [0.15, 0.2) is 6.20 Å². The highest BCUT2D eigenvalue weighted by atomic mass is 32.2. The van der Waals surface area contributed by atoms with Crippen molar-refractivity contribution in [2.75, 3.05) is 25.3 Å². The lowest BCUT2D eigenvalue weighted by molar-refractivity contribution is 0.368. The largest absolute Gasteiger partial charge is 0.348 e. The van der Waals surface area contributed by atoms with Gasteiger partial charge in [0.15, 0.2) is 9.84 Å². The highest BCUT2D eigenvalue weighted by molar-refractivity contribution is 7.91. The molecule has 1 aliphatic carbocycles. The van der Waals surface area contributed by atoms with Crippen molar-refractivity contribution in [1.29, 1.82) is 0 Å². The highest BCUT2D eigenvalue weighted by Crippen LogP contribution is 2.24. The maximum atomic E-state index is 11.9. The number of sulfone groups is 1. The molecular formula is C14H26N4O2S. The van der Waals surface area contributed by atoms with Gasteiger partial charge in [0.05, 0.1) is 17.1 Å². The van der Waals surface area contributed by atoms with Gasteiger partial charge in [-0.25, -0.2) is 13.4 Å². The molecule has 1 aliphatic rings. The van der Waals surface area contributed by atoms with E-state index in [0.29, 0.717) is 6.54 Å².